The molecule has 0 saturated carbocycles. The zero-order chi connectivity index (χ0) is 18.9. The number of guanidine groups is 1. The monoisotopic (exact) mass is 361 g/mol. The average molecular weight is 361 g/mol. The molecule has 0 saturated heterocycles. The first kappa shape index (κ1) is 19.8. The Morgan fingerprint density at radius 2 is 1.85 bits per heavy atom. The second-order valence-electron chi connectivity index (χ2n) is 6.10. The molecule has 0 heterocycles. The van der Waals surface area contributed by atoms with Crippen LogP contribution in [-0.4, -0.2) is 30.3 Å². The van der Waals surface area contributed by atoms with Crippen molar-refractivity contribution in [2.45, 2.75) is 32.4 Å². The number of nitrogens with one attached hydrogen (secondary N) is 2. The smallest absolute Gasteiger partial charge is 0.191 e. The van der Waals surface area contributed by atoms with E-state index in [1.54, 1.807) is 0 Å². The van der Waals surface area contributed by atoms with Crippen LogP contribution in [0.4, 0.5) is 8.78 Å². The van der Waals surface area contributed by atoms with Gasteiger partial charge >= 0.3 is 0 Å². The van der Waals surface area contributed by atoms with Crippen molar-refractivity contribution in [1.82, 2.24) is 10.6 Å². The lowest BCUT2D eigenvalue weighted by Gasteiger charge is -2.19. The fourth-order valence-electron chi connectivity index (χ4n) is 2.54. The Balaban J connectivity index is 1.97. The van der Waals surface area contributed by atoms with Crippen LogP contribution in [0.25, 0.3) is 0 Å². The lowest BCUT2D eigenvalue weighted by molar-refractivity contribution is 0.183. The molecule has 26 heavy (non-hydrogen) atoms. The predicted octanol–water partition coefficient (Wildman–Crippen LogP) is 3.18. The largest absolute Gasteiger partial charge is 0.391 e. The van der Waals surface area contributed by atoms with Gasteiger partial charge in [0.1, 0.15) is 0 Å². The van der Waals surface area contributed by atoms with E-state index >= 15 is 0 Å². The molecule has 4 nitrogen and oxygen atoms in total. The van der Waals surface area contributed by atoms with Gasteiger partial charge in [-0.1, -0.05) is 36.4 Å². The summed E-state index contributed by atoms with van der Waals surface area (Å²) in [5, 5.41) is 16.4. The van der Waals surface area contributed by atoms with Gasteiger partial charge in [0.2, 0.25) is 0 Å². The number of aliphatic hydroxyl groups excluding tert-OH is 1. The van der Waals surface area contributed by atoms with Crippen molar-refractivity contribution >= 4 is 5.96 Å². The van der Waals surface area contributed by atoms with Gasteiger partial charge in [0.05, 0.1) is 18.7 Å². The topological polar surface area (TPSA) is 56.7 Å². The number of aliphatic imine (C=N–C) groups is 1. The molecule has 2 atom stereocenters. The maximum Gasteiger partial charge on any atom is 0.191 e. The molecule has 2 rings (SSSR count). The molecule has 0 bridgehead atoms. The average Bonchev–Trinajstić information content (AvgIpc) is 2.63. The van der Waals surface area contributed by atoms with E-state index in [0.29, 0.717) is 24.5 Å². The van der Waals surface area contributed by atoms with Gasteiger partial charge in [-0.3, -0.25) is 4.99 Å². The van der Waals surface area contributed by atoms with Crippen LogP contribution < -0.4 is 10.6 Å². The molecule has 3 N–H and O–H groups in total. The number of halogens is 2. The summed E-state index contributed by atoms with van der Waals surface area (Å²) >= 11 is 0. The Morgan fingerprint density at radius 1 is 1.12 bits per heavy atom. The highest BCUT2D eigenvalue weighted by Crippen LogP contribution is 2.15. The molecule has 0 aliphatic rings. The van der Waals surface area contributed by atoms with Crippen molar-refractivity contribution in [3.8, 4) is 0 Å². The summed E-state index contributed by atoms with van der Waals surface area (Å²) in [5.74, 6) is -1.24. The molecule has 140 valence electrons. The van der Waals surface area contributed by atoms with Gasteiger partial charge in [0.25, 0.3) is 0 Å². The van der Waals surface area contributed by atoms with Crippen LogP contribution in [0.5, 0.6) is 0 Å². The molecule has 0 amide bonds. The van der Waals surface area contributed by atoms with E-state index in [9.17, 15) is 13.9 Å². The molecular formula is C20H25F2N3O. The van der Waals surface area contributed by atoms with Crippen LogP contribution in [0.15, 0.2) is 53.5 Å². The minimum Gasteiger partial charge on any atom is -0.391 e. The standard InChI is InChI=1S/C20H25F2N3O/c1-3-23-20(24-13-17(26)11-15-7-5-4-6-8-15)25-14(2)16-9-10-18(21)19(22)12-16/h4-10,12,14,17,26H,3,11,13H2,1-2H3,(H2,23,24,25). The summed E-state index contributed by atoms with van der Waals surface area (Å²) in [7, 11) is 0. The molecule has 6 heteroatoms. The van der Waals surface area contributed by atoms with Gasteiger partial charge in [0.15, 0.2) is 17.6 Å². The first-order chi connectivity index (χ1) is 12.5. The molecule has 2 unspecified atom stereocenters. The van der Waals surface area contributed by atoms with Gasteiger partial charge < -0.3 is 15.7 Å². The number of nitrogens with zero attached hydrogens (tertiary/aromatic N) is 1. The number of hydrogen-bond donors (Lipinski definition) is 3. The predicted molar refractivity (Wildman–Crippen MR) is 100 cm³/mol. The normalized spacial score (nSPS) is 14.0. The lowest BCUT2D eigenvalue weighted by atomic mass is 10.1. The van der Waals surface area contributed by atoms with Crippen molar-refractivity contribution in [3.63, 3.8) is 0 Å². The Morgan fingerprint density at radius 3 is 2.50 bits per heavy atom. The first-order valence-corrected chi connectivity index (χ1v) is 8.71. The van der Waals surface area contributed by atoms with Crippen LogP contribution in [0.2, 0.25) is 0 Å². The van der Waals surface area contributed by atoms with E-state index in [2.05, 4.69) is 15.6 Å². The van der Waals surface area contributed by atoms with E-state index in [0.717, 1.165) is 11.6 Å². The van der Waals surface area contributed by atoms with E-state index in [-0.39, 0.29) is 12.6 Å². The summed E-state index contributed by atoms with van der Waals surface area (Å²) < 4.78 is 26.5. The number of hydrogen-bond acceptors (Lipinski definition) is 2. The van der Waals surface area contributed by atoms with Gasteiger partial charge in [-0.05, 0) is 37.1 Å². The van der Waals surface area contributed by atoms with Crippen LogP contribution in [0, 0.1) is 11.6 Å². The fourth-order valence-corrected chi connectivity index (χ4v) is 2.54. The number of aliphatic hydroxyl groups is 1. The highest BCUT2D eigenvalue weighted by molar-refractivity contribution is 5.80. The number of rotatable bonds is 7. The Kier molecular flexibility index (Phi) is 7.53. The van der Waals surface area contributed by atoms with E-state index in [4.69, 9.17) is 0 Å². The maximum atomic E-state index is 13.4. The Bertz CT molecular complexity index is 722. The van der Waals surface area contributed by atoms with Crippen LogP contribution in [0.1, 0.15) is 31.0 Å². The molecule has 2 aromatic carbocycles. The van der Waals surface area contributed by atoms with Gasteiger partial charge in [-0.25, -0.2) is 8.78 Å². The summed E-state index contributed by atoms with van der Waals surface area (Å²) in [4.78, 5) is 4.39. The maximum absolute atomic E-state index is 13.4. The van der Waals surface area contributed by atoms with E-state index in [1.807, 2.05) is 44.2 Å². The molecule has 0 fully saturated rings. The van der Waals surface area contributed by atoms with E-state index < -0.39 is 17.7 Å². The van der Waals surface area contributed by atoms with Crippen LogP contribution >= 0.6 is 0 Å². The SMILES string of the molecule is CCNC(=NCC(O)Cc1ccccc1)NC(C)c1ccc(F)c(F)c1. The highest BCUT2D eigenvalue weighted by Gasteiger charge is 2.12. The highest BCUT2D eigenvalue weighted by atomic mass is 19.2. The Labute approximate surface area is 153 Å². The molecule has 0 aliphatic heterocycles. The third-order valence-electron chi connectivity index (χ3n) is 3.92. The third-order valence-corrected chi connectivity index (χ3v) is 3.92. The van der Waals surface area contributed by atoms with Gasteiger partial charge in [-0.15, -0.1) is 0 Å². The van der Waals surface area contributed by atoms with Crippen molar-refractivity contribution in [2.24, 2.45) is 4.99 Å². The van der Waals surface area contributed by atoms with Crippen molar-refractivity contribution in [3.05, 3.63) is 71.3 Å². The van der Waals surface area contributed by atoms with Crippen molar-refractivity contribution in [2.75, 3.05) is 13.1 Å². The zero-order valence-corrected chi connectivity index (χ0v) is 15.0. The van der Waals surface area contributed by atoms with Crippen LogP contribution in [0.3, 0.4) is 0 Å². The quantitative estimate of drug-likeness (QED) is 0.524. The zero-order valence-electron chi connectivity index (χ0n) is 15.0. The molecule has 2 aromatic rings. The minimum absolute atomic E-state index is 0.231. The summed E-state index contributed by atoms with van der Waals surface area (Å²) in [6, 6.07) is 13.3. The van der Waals surface area contributed by atoms with E-state index in [1.165, 1.54) is 12.1 Å². The van der Waals surface area contributed by atoms with Crippen LogP contribution in [-0.2, 0) is 6.42 Å². The Hall–Kier alpha value is -2.47. The second kappa shape index (κ2) is 9.87. The summed E-state index contributed by atoms with van der Waals surface area (Å²) in [6.45, 7) is 4.64. The lowest BCUT2D eigenvalue weighted by Crippen LogP contribution is -2.39. The molecular weight excluding hydrogens is 336 g/mol. The molecule has 0 aromatic heterocycles. The molecule has 0 spiro atoms. The molecule has 0 aliphatic carbocycles. The minimum atomic E-state index is -0.878. The summed E-state index contributed by atoms with van der Waals surface area (Å²) in [5.41, 5.74) is 1.66. The van der Waals surface area contributed by atoms with Crippen molar-refractivity contribution in [1.29, 1.82) is 0 Å². The van der Waals surface area contributed by atoms with Crippen molar-refractivity contribution < 1.29 is 13.9 Å². The first-order valence-electron chi connectivity index (χ1n) is 8.71. The third kappa shape index (κ3) is 6.11. The second-order valence-corrected chi connectivity index (χ2v) is 6.10. The summed E-state index contributed by atoms with van der Waals surface area (Å²) in [6.07, 6.45) is -0.0888. The fraction of sp³-hybridized carbons (Fsp3) is 0.350. The number of benzene rings is 2. The molecule has 0 radical (unpaired) electrons. The van der Waals surface area contributed by atoms with Gasteiger partial charge in [0, 0.05) is 13.0 Å². The van der Waals surface area contributed by atoms with Gasteiger partial charge in [-0.2, -0.15) is 0 Å².